The Kier molecular flexibility index (Phi) is 2.89. The zero-order chi connectivity index (χ0) is 13.5. The number of rotatable bonds is 2. The SMILES string of the molecule is COc1cc(C(=O)O)cc2sc(C(F)(F)F)nc12. The monoisotopic (exact) mass is 277 g/mol. The van der Waals surface area contributed by atoms with E-state index in [4.69, 9.17) is 9.84 Å². The molecule has 1 N–H and O–H groups in total. The van der Waals surface area contributed by atoms with Crippen molar-refractivity contribution in [1.29, 1.82) is 0 Å². The van der Waals surface area contributed by atoms with Crippen LogP contribution >= 0.6 is 11.3 Å². The van der Waals surface area contributed by atoms with Gasteiger partial charge in [-0.05, 0) is 12.1 Å². The number of carboxylic acid groups (broad SMARTS) is 1. The molecule has 0 aliphatic rings. The number of thiazole rings is 1. The summed E-state index contributed by atoms with van der Waals surface area (Å²) in [5.74, 6) is -1.23. The fourth-order valence-corrected chi connectivity index (χ4v) is 2.29. The third-order valence-electron chi connectivity index (χ3n) is 2.17. The summed E-state index contributed by atoms with van der Waals surface area (Å²) in [5, 5.41) is 7.81. The fourth-order valence-electron chi connectivity index (χ4n) is 1.40. The number of alkyl halides is 3. The molecule has 4 nitrogen and oxygen atoms in total. The predicted molar refractivity (Wildman–Crippen MR) is 58.1 cm³/mol. The van der Waals surface area contributed by atoms with Gasteiger partial charge in [-0.15, -0.1) is 11.3 Å². The van der Waals surface area contributed by atoms with Gasteiger partial charge in [0.2, 0.25) is 0 Å². The van der Waals surface area contributed by atoms with Crippen LogP contribution in [-0.4, -0.2) is 23.2 Å². The van der Waals surface area contributed by atoms with Gasteiger partial charge in [0.15, 0.2) is 5.01 Å². The molecule has 0 aliphatic heterocycles. The summed E-state index contributed by atoms with van der Waals surface area (Å²) in [6, 6.07) is 2.29. The fraction of sp³-hybridized carbons (Fsp3) is 0.200. The molecule has 1 heterocycles. The summed E-state index contributed by atoms with van der Waals surface area (Å²) in [6.07, 6.45) is -4.56. The quantitative estimate of drug-likeness (QED) is 0.916. The van der Waals surface area contributed by atoms with Crippen molar-refractivity contribution in [2.45, 2.75) is 6.18 Å². The minimum absolute atomic E-state index is 0.0108. The second-order valence-corrected chi connectivity index (χ2v) is 4.38. The first-order valence-corrected chi connectivity index (χ1v) is 5.43. The summed E-state index contributed by atoms with van der Waals surface area (Å²) in [4.78, 5) is 14.3. The number of halogens is 3. The van der Waals surface area contributed by atoms with Gasteiger partial charge in [0.25, 0.3) is 0 Å². The molecular formula is C10H6F3NO3S. The van der Waals surface area contributed by atoms with E-state index in [2.05, 4.69) is 4.98 Å². The lowest BCUT2D eigenvalue weighted by atomic mass is 10.2. The van der Waals surface area contributed by atoms with Crippen LogP contribution in [0.3, 0.4) is 0 Å². The first-order valence-electron chi connectivity index (χ1n) is 4.62. The molecular weight excluding hydrogens is 271 g/mol. The average molecular weight is 277 g/mol. The molecule has 0 spiro atoms. The smallest absolute Gasteiger partial charge is 0.443 e. The Labute approximate surface area is 103 Å². The molecule has 0 aliphatic carbocycles. The van der Waals surface area contributed by atoms with Crippen molar-refractivity contribution in [3.8, 4) is 5.75 Å². The predicted octanol–water partition coefficient (Wildman–Crippen LogP) is 3.02. The van der Waals surface area contributed by atoms with Gasteiger partial charge >= 0.3 is 12.1 Å². The molecule has 18 heavy (non-hydrogen) atoms. The van der Waals surface area contributed by atoms with E-state index >= 15 is 0 Å². The molecule has 0 bridgehead atoms. The molecule has 2 rings (SSSR count). The second kappa shape index (κ2) is 4.13. The zero-order valence-electron chi connectivity index (χ0n) is 8.91. The van der Waals surface area contributed by atoms with Crippen molar-refractivity contribution in [3.05, 3.63) is 22.7 Å². The molecule has 0 unspecified atom stereocenters. The summed E-state index contributed by atoms with van der Waals surface area (Å²) < 4.78 is 42.5. The summed E-state index contributed by atoms with van der Waals surface area (Å²) >= 11 is 0.386. The van der Waals surface area contributed by atoms with E-state index in [1.807, 2.05) is 0 Å². The number of carbonyl (C=O) groups is 1. The molecule has 2 aromatic rings. The van der Waals surface area contributed by atoms with E-state index in [9.17, 15) is 18.0 Å². The minimum Gasteiger partial charge on any atom is -0.494 e. The van der Waals surface area contributed by atoms with E-state index in [0.717, 1.165) is 12.1 Å². The van der Waals surface area contributed by atoms with E-state index < -0.39 is 17.2 Å². The van der Waals surface area contributed by atoms with Crippen molar-refractivity contribution in [3.63, 3.8) is 0 Å². The molecule has 8 heteroatoms. The van der Waals surface area contributed by atoms with Crippen LogP contribution in [0.2, 0.25) is 0 Å². The lowest BCUT2D eigenvalue weighted by Crippen LogP contribution is -2.03. The number of hydrogen-bond donors (Lipinski definition) is 1. The third-order valence-corrected chi connectivity index (χ3v) is 3.22. The molecule has 1 aromatic heterocycles. The van der Waals surface area contributed by atoms with Gasteiger partial charge in [-0.25, -0.2) is 9.78 Å². The van der Waals surface area contributed by atoms with Gasteiger partial charge in [0, 0.05) is 0 Å². The van der Waals surface area contributed by atoms with Crippen molar-refractivity contribution >= 4 is 27.5 Å². The Bertz CT molecular complexity index is 621. The number of carboxylic acids is 1. The topological polar surface area (TPSA) is 59.4 Å². The lowest BCUT2D eigenvalue weighted by Gasteiger charge is -2.02. The molecule has 0 saturated carbocycles. The first kappa shape index (κ1) is 12.6. The van der Waals surface area contributed by atoms with Gasteiger partial charge in [-0.2, -0.15) is 13.2 Å². The number of fused-ring (bicyclic) bond motifs is 1. The first-order chi connectivity index (χ1) is 8.32. The molecule has 1 aromatic carbocycles. The zero-order valence-corrected chi connectivity index (χ0v) is 9.72. The van der Waals surface area contributed by atoms with E-state index in [0.29, 0.717) is 11.3 Å². The Morgan fingerprint density at radius 3 is 2.61 bits per heavy atom. The number of ether oxygens (including phenoxy) is 1. The molecule has 0 fully saturated rings. The maximum absolute atomic E-state index is 12.5. The van der Waals surface area contributed by atoms with E-state index in [1.165, 1.54) is 7.11 Å². The number of aromatic nitrogens is 1. The maximum Gasteiger partial charge on any atom is 0.443 e. The largest absolute Gasteiger partial charge is 0.494 e. The van der Waals surface area contributed by atoms with Crippen molar-refractivity contribution < 1.29 is 27.8 Å². The molecule has 96 valence electrons. The van der Waals surface area contributed by atoms with Crippen LogP contribution in [-0.2, 0) is 6.18 Å². The van der Waals surface area contributed by atoms with Gasteiger partial charge in [-0.1, -0.05) is 0 Å². The summed E-state index contributed by atoms with van der Waals surface area (Å²) in [5.41, 5.74) is -0.128. The highest BCUT2D eigenvalue weighted by Crippen LogP contribution is 2.38. The van der Waals surface area contributed by atoms with Gasteiger partial charge < -0.3 is 9.84 Å². The van der Waals surface area contributed by atoms with Crippen LogP contribution in [0.1, 0.15) is 15.4 Å². The number of hydrogen-bond acceptors (Lipinski definition) is 4. The average Bonchev–Trinajstić information content (AvgIpc) is 2.70. The van der Waals surface area contributed by atoms with Crippen LogP contribution in [0.4, 0.5) is 13.2 Å². The van der Waals surface area contributed by atoms with Gasteiger partial charge in [0.05, 0.1) is 17.4 Å². The second-order valence-electron chi connectivity index (χ2n) is 3.35. The highest BCUT2D eigenvalue weighted by atomic mass is 32.1. The Morgan fingerprint density at radius 2 is 2.11 bits per heavy atom. The number of benzene rings is 1. The Balaban J connectivity index is 2.71. The molecule has 0 saturated heterocycles. The summed E-state index contributed by atoms with van der Waals surface area (Å²) in [7, 11) is 1.24. The summed E-state index contributed by atoms with van der Waals surface area (Å²) in [6.45, 7) is 0. The van der Waals surface area contributed by atoms with Crippen LogP contribution in [0, 0.1) is 0 Å². The maximum atomic E-state index is 12.5. The van der Waals surface area contributed by atoms with Crippen LogP contribution in [0.5, 0.6) is 5.75 Å². The normalized spacial score (nSPS) is 11.8. The van der Waals surface area contributed by atoms with Crippen molar-refractivity contribution in [1.82, 2.24) is 4.98 Å². The van der Waals surface area contributed by atoms with Gasteiger partial charge in [0.1, 0.15) is 11.3 Å². The van der Waals surface area contributed by atoms with Crippen LogP contribution in [0.15, 0.2) is 12.1 Å². The number of nitrogens with zero attached hydrogens (tertiary/aromatic N) is 1. The molecule has 0 radical (unpaired) electrons. The van der Waals surface area contributed by atoms with Crippen molar-refractivity contribution in [2.75, 3.05) is 7.11 Å². The van der Waals surface area contributed by atoms with Crippen LogP contribution < -0.4 is 4.74 Å². The highest BCUT2D eigenvalue weighted by molar-refractivity contribution is 7.18. The van der Waals surface area contributed by atoms with Crippen LogP contribution in [0.25, 0.3) is 10.2 Å². The Hall–Kier alpha value is -1.83. The Morgan fingerprint density at radius 1 is 1.44 bits per heavy atom. The number of methoxy groups -OCH3 is 1. The molecule has 0 amide bonds. The third kappa shape index (κ3) is 2.10. The van der Waals surface area contributed by atoms with Gasteiger partial charge in [-0.3, -0.25) is 0 Å². The number of aromatic carboxylic acids is 1. The van der Waals surface area contributed by atoms with E-state index in [-0.39, 0.29) is 21.5 Å². The minimum atomic E-state index is -4.56. The standard InChI is InChI=1S/C10H6F3NO3S/c1-17-5-2-4(8(15)16)3-6-7(5)14-9(18-6)10(11,12)13/h2-3H,1H3,(H,15,16). The van der Waals surface area contributed by atoms with Crippen molar-refractivity contribution in [2.24, 2.45) is 0 Å². The van der Waals surface area contributed by atoms with E-state index in [1.54, 1.807) is 0 Å². The highest BCUT2D eigenvalue weighted by Gasteiger charge is 2.35. The molecule has 0 atom stereocenters. The lowest BCUT2D eigenvalue weighted by molar-refractivity contribution is -0.137.